The number of anilines is 1. The molecule has 0 fully saturated rings. The van der Waals surface area contributed by atoms with Crippen molar-refractivity contribution in [2.45, 2.75) is 32.5 Å². The van der Waals surface area contributed by atoms with Gasteiger partial charge in [0.25, 0.3) is 5.91 Å². The van der Waals surface area contributed by atoms with Crippen molar-refractivity contribution in [2.75, 3.05) is 46.5 Å². The van der Waals surface area contributed by atoms with Gasteiger partial charge in [-0.3, -0.25) is 9.59 Å². The molecule has 41 heavy (non-hydrogen) atoms. The number of hydrogen-bond acceptors (Lipinski definition) is 8. The Bertz CT molecular complexity index is 1340. The predicted octanol–water partition coefficient (Wildman–Crippen LogP) is 5.77. The number of allylic oxidation sites excluding steroid dienone is 2. The minimum atomic E-state index is -1.20. The summed E-state index contributed by atoms with van der Waals surface area (Å²) < 4.78 is 33.8. The Hall–Kier alpha value is -3.95. The smallest absolute Gasteiger partial charge is 0.308 e. The number of methoxy groups -OCH3 is 4. The number of nitrogens with zero attached hydrogens (tertiary/aromatic N) is 1. The molecule has 10 heteroatoms. The van der Waals surface area contributed by atoms with E-state index in [0.29, 0.717) is 50.4 Å². The molecule has 1 aliphatic heterocycles. The molecule has 0 aromatic heterocycles. The van der Waals surface area contributed by atoms with Crippen molar-refractivity contribution >= 4 is 29.2 Å². The normalized spacial score (nSPS) is 17.3. The second-order valence-electron chi connectivity index (χ2n) is 8.94. The van der Waals surface area contributed by atoms with E-state index < -0.39 is 24.1 Å². The molecular formula is C31H36ClNO8. The highest BCUT2D eigenvalue weighted by atomic mass is 35.5. The van der Waals surface area contributed by atoms with E-state index in [4.69, 9.17) is 40.0 Å². The van der Waals surface area contributed by atoms with Gasteiger partial charge in [-0.15, -0.1) is 0 Å². The van der Waals surface area contributed by atoms with Crippen LogP contribution in [0.1, 0.15) is 37.5 Å². The third kappa shape index (κ3) is 7.23. The Labute approximate surface area is 245 Å². The molecule has 3 rings (SSSR count). The Kier molecular flexibility index (Phi) is 11.3. The molecule has 2 atom stereocenters. The van der Waals surface area contributed by atoms with Crippen LogP contribution in [0.25, 0.3) is 0 Å². The van der Waals surface area contributed by atoms with Crippen LogP contribution in [-0.2, 0) is 28.5 Å². The zero-order valence-corrected chi connectivity index (χ0v) is 24.9. The number of fused-ring (bicyclic) bond motifs is 1. The summed E-state index contributed by atoms with van der Waals surface area (Å²) in [5.41, 5.74) is 2.19. The number of carbonyl (C=O) groups is 2. The number of hydrogen-bond donors (Lipinski definition) is 0. The molecule has 0 saturated heterocycles. The van der Waals surface area contributed by atoms with E-state index in [1.165, 1.54) is 26.2 Å². The van der Waals surface area contributed by atoms with Gasteiger partial charge in [0.1, 0.15) is 23.7 Å². The molecule has 0 radical (unpaired) electrons. The highest BCUT2D eigenvalue weighted by Crippen LogP contribution is 2.45. The highest BCUT2D eigenvalue weighted by Gasteiger charge is 2.39. The average Bonchev–Trinajstić information content (AvgIpc) is 3.07. The molecule has 1 heterocycles. The number of esters is 1. The molecule has 0 spiro atoms. The lowest BCUT2D eigenvalue weighted by molar-refractivity contribution is -0.151. The molecule has 220 valence electrons. The maximum atomic E-state index is 14.1. The van der Waals surface area contributed by atoms with Crippen LogP contribution in [0.5, 0.6) is 11.5 Å². The lowest BCUT2D eigenvalue weighted by Crippen LogP contribution is -2.41. The Morgan fingerprint density at radius 3 is 2.46 bits per heavy atom. The SMILES string of the molecule is C=C(CN1C(=O)[C@H](CC(=O)OCC)O[C@H](c2cccc(OC)c2OC)c2cc(Cl)ccc21)/C(=C\C(=C/C)OC)OC. The van der Waals surface area contributed by atoms with E-state index in [-0.39, 0.29) is 19.6 Å². The first-order valence-corrected chi connectivity index (χ1v) is 13.4. The molecule has 1 aliphatic rings. The van der Waals surface area contributed by atoms with Crippen molar-refractivity contribution in [3.8, 4) is 11.5 Å². The van der Waals surface area contributed by atoms with Gasteiger partial charge in [0.2, 0.25) is 0 Å². The molecule has 2 aromatic rings. The average molecular weight is 586 g/mol. The molecule has 1 amide bonds. The lowest BCUT2D eigenvalue weighted by atomic mass is 9.97. The van der Waals surface area contributed by atoms with Gasteiger partial charge in [0.15, 0.2) is 11.5 Å². The van der Waals surface area contributed by atoms with E-state index in [1.807, 2.05) is 13.0 Å². The zero-order chi connectivity index (χ0) is 30.1. The lowest BCUT2D eigenvalue weighted by Gasteiger charge is -2.26. The van der Waals surface area contributed by atoms with Crippen molar-refractivity contribution < 1.29 is 38.0 Å². The second-order valence-corrected chi connectivity index (χ2v) is 9.37. The van der Waals surface area contributed by atoms with Gasteiger partial charge in [-0.25, -0.2) is 0 Å². The molecule has 9 nitrogen and oxygen atoms in total. The van der Waals surface area contributed by atoms with Gasteiger partial charge in [-0.05, 0) is 44.2 Å². The van der Waals surface area contributed by atoms with Crippen molar-refractivity contribution in [3.63, 3.8) is 0 Å². The number of carbonyl (C=O) groups excluding carboxylic acids is 2. The summed E-state index contributed by atoms with van der Waals surface area (Å²) >= 11 is 6.47. The predicted molar refractivity (Wildman–Crippen MR) is 156 cm³/mol. The maximum absolute atomic E-state index is 14.1. The minimum absolute atomic E-state index is 0.0263. The van der Waals surface area contributed by atoms with Gasteiger partial charge >= 0.3 is 5.97 Å². The van der Waals surface area contributed by atoms with Gasteiger partial charge in [0, 0.05) is 27.8 Å². The summed E-state index contributed by atoms with van der Waals surface area (Å²) in [6, 6.07) is 10.5. The second kappa shape index (κ2) is 14.6. The van der Waals surface area contributed by atoms with E-state index in [2.05, 4.69) is 6.58 Å². The van der Waals surface area contributed by atoms with Crippen molar-refractivity contribution in [3.05, 3.63) is 88.4 Å². The quantitative estimate of drug-likeness (QED) is 0.176. The molecule has 0 saturated carbocycles. The molecular weight excluding hydrogens is 550 g/mol. The number of benzene rings is 2. The van der Waals surface area contributed by atoms with E-state index in [1.54, 1.807) is 56.5 Å². The van der Waals surface area contributed by atoms with Gasteiger partial charge in [0.05, 0.1) is 53.7 Å². The van der Waals surface area contributed by atoms with Crippen molar-refractivity contribution in [1.82, 2.24) is 0 Å². The molecule has 0 aliphatic carbocycles. The first-order chi connectivity index (χ1) is 19.7. The van der Waals surface area contributed by atoms with Crippen LogP contribution < -0.4 is 14.4 Å². The van der Waals surface area contributed by atoms with Gasteiger partial charge in [-0.1, -0.05) is 30.3 Å². The minimum Gasteiger partial charge on any atom is -0.497 e. The van der Waals surface area contributed by atoms with Crippen molar-refractivity contribution in [2.24, 2.45) is 0 Å². The van der Waals surface area contributed by atoms with E-state index in [0.717, 1.165) is 0 Å². The number of halogens is 1. The summed E-state index contributed by atoms with van der Waals surface area (Å²) in [5, 5.41) is 0.435. The largest absolute Gasteiger partial charge is 0.497 e. The highest BCUT2D eigenvalue weighted by molar-refractivity contribution is 6.30. The summed E-state index contributed by atoms with van der Waals surface area (Å²) in [6.45, 7) is 7.89. The van der Waals surface area contributed by atoms with E-state index >= 15 is 0 Å². The standard InChI is InChI=1S/C31H36ClNO8/c1-8-21(36-4)16-26(38-6)19(3)18-33-24-14-13-20(32)15-23(24)29(22-11-10-12-25(37-5)30(22)39-7)41-27(31(33)35)17-28(34)40-9-2/h8,10-16,27,29H,3,9,17-18H2,1-2,4-7H3/b21-8+,26-16+/t27-,29+/m0/s1. The molecule has 0 bridgehead atoms. The third-order valence-corrected chi connectivity index (χ3v) is 6.72. The topological polar surface area (TPSA) is 92.8 Å². The number of amides is 1. The number of para-hydroxylation sites is 1. The fraction of sp³-hybridized carbons (Fsp3) is 0.355. The van der Waals surface area contributed by atoms with Crippen molar-refractivity contribution in [1.29, 1.82) is 0 Å². The van der Waals surface area contributed by atoms with Crippen LogP contribution in [0.2, 0.25) is 5.02 Å². The summed E-state index contributed by atoms with van der Waals surface area (Å²) in [4.78, 5) is 28.3. The molecule has 2 aromatic carbocycles. The van der Waals surface area contributed by atoms with Gasteiger partial charge in [-0.2, -0.15) is 0 Å². The first kappa shape index (κ1) is 31.6. The number of ether oxygens (including phenoxy) is 6. The summed E-state index contributed by atoms with van der Waals surface area (Å²) in [7, 11) is 6.11. The Balaban J connectivity index is 2.21. The van der Waals surface area contributed by atoms with Crippen LogP contribution in [0.4, 0.5) is 5.69 Å². The molecule has 0 unspecified atom stereocenters. The fourth-order valence-electron chi connectivity index (χ4n) is 4.56. The zero-order valence-electron chi connectivity index (χ0n) is 24.2. The summed E-state index contributed by atoms with van der Waals surface area (Å²) in [6.07, 6.45) is 1.10. The summed E-state index contributed by atoms with van der Waals surface area (Å²) in [5.74, 6) is 0.857. The van der Waals surface area contributed by atoms with Crippen LogP contribution in [0.15, 0.2) is 72.2 Å². The number of rotatable bonds is 12. The maximum Gasteiger partial charge on any atom is 0.308 e. The molecule has 0 N–H and O–H groups in total. The monoisotopic (exact) mass is 585 g/mol. The van der Waals surface area contributed by atoms with Crippen LogP contribution in [0.3, 0.4) is 0 Å². The van der Waals surface area contributed by atoms with Crippen LogP contribution in [0, 0.1) is 0 Å². The fourth-order valence-corrected chi connectivity index (χ4v) is 4.74. The third-order valence-electron chi connectivity index (χ3n) is 6.49. The van der Waals surface area contributed by atoms with Gasteiger partial charge < -0.3 is 33.3 Å². The van der Waals surface area contributed by atoms with E-state index in [9.17, 15) is 9.59 Å². The van der Waals surface area contributed by atoms with Crippen LogP contribution in [-0.4, -0.2) is 59.6 Å². The Morgan fingerprint density at radius 2 is 1.85 bits per heavy atom. The Morgan fingerprint density at radius 1 is 1.10 bits per heavy atom. The first-order valence-electron chi connectivity index (χ1n) is 13.0. The van der Waals surface area contributed by atoms with Crippen LogP contribution >= 0.6 is 11.6 Å².